The molecule has 15 heavy (non-hydrogen) atoms. The summed E-state index contributed by atoms with van der Waals surface area (Å²) < 4.78 is 5.23. The third-order valence-electron chi connectivity index (χ3n) is 2.20. The maximum Gasteiger partial charge on any atom is 0.414 e. The van der Waals surface area contributed by atoms with E-state index >= 15 is 0 Å². The number of hydrogen-bond acceptors (Lipinski definition) is 3. The molecule has 1 aromatic carbocycles. The van der Waals surface area contributed by atoms with Crippen molar-refractivity contribution < 1.29 is 9.53 Å². The van der Waals surface area contributed by atoms with Gasteiger partial charge < -0.3 is 15.4 Å². The van der Waals surface area contributed by atoms with E-state index in [9.17, 15) is 4.79 Å². The Labute approximate surface area is 89.6 Å². The smallest absolute Gasteiger partial charge is 0.410 e. The Bertz CT molecular complexity index is 386. The Morgan fingerprint density at radius 3 is 2.47 bits per heavy atom. The van der Waals surface area contributed by atoms with Crippen LogP contribution < -0.4 is 10.5 Å². The van der Waals surface area contributed by atoms with Crippen molar-refractivity contribution in [3.8, 4) is 5.75 Å². The lowest BCUT2D eigenvalue weighted by molar-refractivity contribution is 0.171. The van der Waals surface area contributed by atoms with Gasteiger partial charge in [-0.15, -0.1) is 0 Å². The highest BCUT2D eigenvalue weighted by Gasteiger charge is 2.12. The molecule has 0 saturated carbocycles. The Balaban J connectivity index is 3.04. The number of amides is 1. The van der Waals surface area contributed by atoms with Gasteiger partial charge in [-0.1, -0.05) is 6.07 Å². The molecule has 0 fully saturated rings. The van der Waals surface area contributed by atoms with Crippen LogP contribution in [0.1, 0.15) is 11.1 Å². The number of ether oxygens (including phenoxy) is 1. The Morgan fingerprint density at radius 1 is 1.33 bits per heavy atom. The largest absolute Gasteiger partial charge is 0.414 e. The minimum absolute atomic E-state index is 0.396. The molecule has 0 atom stereocenters. The molecule has 1 amide bonds. The fourth-order valence-electron chi connectivity index (χ4n) is 1.18. The second-order valence-corrected chi connectivity index (χ2v) is 3.69. The van der Waals surface area contributed by atoms with Crippen LogP contribution in [-0.2, 0) is 0 Å². The number of carbonyl (C=O) groups is 1. The first-order valence-electron chi connectivity index (χ1n) is 4.68. The van der Waals surface area contributed by atoms with Gasteiger partial charge in [-0.25, -0.2) is 4.79 Å². The van der Waals surface area contributed by atoms with Gasteiger partial charge >= 0.3 is 6.09 Å². The lowest BCUT2D eigenvalue weighted by atomic mass is 10.1. The number of nitrogens with two attached hydrogens (primary N) is 1. The molecular weight excluding hydrogens is 192 g/mol. The molecule has 0 radical (unpaired) electrons. The molecule has 0 bridgehead atoms. The zero-order valence-corrected chi connectivity index (χ0v) is 9.50. The van der Waals surface area contributed by atoms with Crippen molar-refractivity contribution in [3.05, 3.63) is 23.3 Å². The van der Waals surface area contributed by atoms with E-state index in [1.165, 1.54) is 4.90 Å². The Kier molecular flexibility index (Phi) is 3.19. The molecule has 4 nitrogen and oxygen atoms in total. The molecular formula is C11H16N2O2. The number of benzene rings is 1. The molecule has 0 heterocycles. The molecule has 4 heteroatoms. The predicted octanol–water partition coefficient (Wildman–Crippen LogP) is 1.95. The van der Waals surface area contributed by atoms with Gasteiger partial charge in [-0.05, 0) is 25.5 Å². The molecule has 2 N–H and O–H groups in total. The van der Waals surface area contributed by atoms with Crippen molar-refractivity contribution in [2.75, 3.05) is 19.8 Å². The number of nitrogens with zero attached hydrogens (tertiary/aromatic N) is 1. The van der Waals surface area contributed by atoms with Gasteiger partial charge in [-0.2, -0.15) is 0 Å². The highest BCUT2D eigenvalue weighted by atomic mass is 16.6. The number of rotatable bonds is 1. The maximum absolute atomic E-state index is 11.4. The minimum atomic E-state index is -0.396. The van der Waals surface area contributed by atoms with E-state index in [2.05, 4.69) is 0 Å². The average molecular weight is 208 g/mol. The summed E-state index contributed by atoms with van der Waals surface area (Å²) >= 11 is 0. The van der Waals surface area contributed by atoms with E-state index in [0.717, 1.165) is 11.1 Å². The van der Waals surface area contributed by atoms with Crippen LogP contribution in [0, 0.1) is 13.8 Å². The molecule has 0 aliphatic heterocycles. The number of anilines is 1. The zero-order chi connectivity index (χ0) is 11.6. The molecule has 0 spiro atoms. The van der Waals surface area contributed by atoms with Gasteiger partial charge in [0.1, 0.15) is 5.75 Å². The van der Waals surface area contributed by atoms with Crippen molar-refractivity contribution in [2.24, 2.45) is 0 Å². The van der Waals surface area contributed by atoms with Crippen LogP contribution in [0.3, 0.4) is 0 Å². The van der Waals surface area contributed by atoms with Crippen LogP contribution >= 0.6 is 0 Å². The SMILES string of the molecule is Cc1ccc(N)c(C)c1OC(=O)N(C)C. The van der Waals surface area contributed by atoms with Crippen LogP contribution in [0.25, 0.3) is 0 Å². The summed E-state index contributed by atoms with van der Waals surface area (Å²) in [5.74, 6) is 0.550. The summed E-state index contributed by atoms with van der Waals surface area (Å²) in [4.78, 5) is 12.8. The first kappa shape index (κ1) is 11.4. The average Bonchev–Trinajstić information content (AvgIpc) is 2.18. The van der Waals surface area contributed by atoms with E-state index in [0.29, 0.717) is 11.4 Å². The molecule has 1 aromatic rings. The first-order chi connectivity index (χ1) is 6.93. The quantitative estimate of drug-likeness (QED) is 0.717. The predicted molar refractivity (Wildman–Crippen MR) is 60.0 cm³/mol. The number of nitrogen functional groups attached to an aromatic ring is 1. The van der Waals surface area contributed by atoms with Gasteiger partial charge in [0.05, 0.1) is 0 Å². The topological polar surface area (TPSA) is 55.6 Å². The lowest BCUT2D eigenvalue weighted by Crippen LogP contribution is -2.26. The molecule has 1 rings (SSSR count). The Hall–Kier alpha value is -1.71. The highest BCUT2D eigenvalue weighted by Crippen LogP contribution is 2.27. The number of aryl methyl sites for hydroxylation is 1. The van der Waals surface area contributed by atoms with E-state index in [4.69, 9.17) is 10.5 Å². The summed E-state index contributed by atoms with van der Waals surface area (Å²) in [5.41, 5.74) is 8.06. The standard InChI is InChI=1S/C11H16N2O2/c1-7-5-6-9(12)8(2)10(7)15-11(14)13(3)4/h5-6H,12H2,1-4H3. The van der Waals surface area contributed by atoms with Gasteiger partial charge in [0, 0.05) is 25.3 Å². The summed E-state index contributed by atoms with van der Waals surface area (Å²) in [6, 6.07) is 3.64. The number of hydrogen-bond donors (Lipinski definition) is 1. The van der Waals surface area contributed by atoms with E-state index in [-0.39, 0.29) is 0 Å². The Morgan fingerprint density at radius 2 is 1.93 bits per heavy atom. The molecule has 0 aliphatic rings. The fraction of sp³-hybridized carbons (Fsp3) is 0.364. The minimum Gasteiger partial charge on any atom is -0.410 e. The van der Waals surface area contributed by atoms with E-state index in [1.807, 2.05) is 19.9 Å². The second kappa shape index (κ2) is 4.21. The van der Waals surface area contributed by atoms with Crippen LogP contribution in [-0.4, -0.2) is 25.1 Å². The first-order valence-corrected chi connectivity index (χ1v) is 4.68. The number of carbonyl (C=O) groups excluding carboxylic acids is 1. The van der Waals surface area contributed by atoms with Crippen molar-refractivity contribution in [3.63, 3.8) is 0 Å². The van der Waals surface area contributed by atoms with Crippen LogP contribution in [0.5, 0.6) is 5.75 Å². The lowest BCUT2D eigenvalue weighted by Gasteiger charge is -2.15. The molecule has 0 aromatic heterocycles. The molecule has 82 valence electrons. The third kappa shape index (κ3) is 2.40. The summed E-state index contributed by atoms with van der Waals surface area (Å²) in [6.45, 7) is 3.71. The van der Waals surface area contributed by atoms with Gasteiger partial charge in [0.25, 0.3) is 0 Å². The van der Waals surface area contributed by atoms with Crippen molar-refractivity contribution in [1.82, 2.24) is 4.90 Å². The van der Waals surface area contributed by atoms with Crippen LogP contribution in [0.15, 0.2) is 12.1 Å². The van der Waals surface area contributed by atoms with Crippen LogP contribution in [0.2, 0.25) is 0 Å². The van der Waals surface area contributed by atoms with Crippen molar-refractivity contribution in [2.45, 2.75) is 13.8 Å². The third-order valence-corrected chi connectivity index (χ3v) is 2.20. The van der Waals surface area contributed by atoms with Gasteiger partial charge in [0.2, 0.25) is 0 Å². The zero-order valence-electron chi connectivity index (χ0n) is 9.50. The summed E-state index contributed by atoms with van der Waals surface area (Å²) in [6.07, 6.45) is -0.396. The van der Waals surface area contributed by atoms with Crippen LogP contribution in [0.4, 0.5) is 10.5 Å². The highest BCUT2D eigenvalue weighted by molar-refractivity contribution is 5.72. The summed E-state index contributed by atoms with van der Waals surface area (Å²) in [7, 11) is 3.28. The molecule has 0 unspecified atom stereocenters. The molecule has 0 saturated heterocycles. The van der Waals surface area contributed by atoms with Crippen molar-refractivity contribution >= 4 is 11.8 Å². The normalized spacial score (nSPS) is 9.87. The molecule has 0 aliphatic carbocycles. The monoisotopic (exact) mass is 208 g/mol. The second-order valence-electron chi connectivity index (χ2n) is 3.69. The van der Waals surface area contributed by atoms with Crippen molar-refractivity contribution in [1.29, 1.82) is 0 Å². The maximum atomic E-state index is 11.4. The van der Waals surface area contributed by atoms with Gasteiger partial charge in [0.15, 0.2) is 0 Å². The van der Waals surface area contributed by atoms with Gasteiger partial charge in [-0.3, -0.25) is 0 Å². The summed E-state index contributed by atoms with van der Waals surface area (Å²) in [5, 5.41) is 0. The fourth-order valence-corrected chi connectivity index (χ4v) is 1.18. The van der Waals surface area contributed by atoms with E-state index in [1.54, 1.807) is 20.2 Å². The van der Waals surface area contributed by atoms with E-state index < -0.39 is 6.09 Å².